The lowest BCUT2D eigenvalue weighted by Crippen LogP contribution is -2.03. The number of pyridine rings is 1. The number of benzene rings is 2. The summed E-state index contributed by atoms with van der Waals surface area (Å²) < 4.78 is 54.1. The molecule has 2 aromatic carbocycles. The summed E-state index contributed by atoms with van der Waals surface area (Å²) in [5, 5.41) is 9.96. The molecule has 0 bridgehead atoms. The molecule has 29 heavy (non-hydrogen) atoms. The Bertz CT molecular complexity index is 1410. The minimum atomic E-state index is -4.23. The summed E-state index contributed by atoms with van der Waals surface area (Å²) in [6.07, 6.45) is 0. The maximum absolute atomic E-state index is 13.9. The van der Waals surface area contributed by atoms with Gasteiger partial charge in [0, 0.05) is 16.0 Å². The molecule has 0 N–H and O–H groups in total. The predicted molar refractivity (Wildman–Crippen MR) is 107 cm³/mol. The molecule has 0 aliphatic rings. The van der Waals surface area contributed by atoms with Gasteiger partial charge < -0.3 is 0 Å². The fourth-order valence-electron chi connectivity index (χ4n) is 2.90. The lowest BCUT2D eigenvalue weighted by Gasteiger charge is -2.08. The van der Waals surface area contributed by atoms with E-state index in [9.17, 15) is 17.2 Å². The smallest absolute Gasteiger partial charge is 0.216 e. The zero-order chi connectivity index (χ0) is 20.8. The molecule has 2 heterocycles. The van der Waals surface area contributed by atoms with E-state index >= 15 is 0 Å². The van der Waals surface area contributed by atoms with Crippen molar-refractivity contribution in [2.45, 2.75) is 9.10 Å². The van der Waals surface area contributed by atoms with E-state index in [1.54, 1.807) is 30.3 Å². The minimum Gasteiger partial charge on any atom is -0.218 e. The van der Waals surface area contributed by atoms with E-state index in [0.29, 0.717) is 21.5 Å². The van der Waals surface area contributed by atoms with E-state index in [1.807, 2.05) is 0 Å². The van der Waals surface area contributed by atoms with Gasteiger partial charge in [-0.3, -0.25) is 0 Å². The van der Waals surface area contributed by atoms with Crippen LogP contribution in [0.5, 0.6) is 0 Å². The van der Waals surface area contributed by atoms with Gasteiger partial charge in [0.25, 0.3) is 0 Å². The Morgan fingerprint density at radius 3 is 2.45 bits per heavy atom. The zero-order valence-electron chi connectivity index (χ0n) is 14.4. The summed E-state index contributed by atoms with van der Waals surface area (Å²) in [5.41, 5.74) is 0.725. The third kappa shape index (κ3) is 3.49. The highest BCUT2D eigenvalue weighted by Crippen LogP contribution is 2.43. The monoisotopic (exact) mass is 446 g/mol. The van der Waals surface area contributed by atoms with Crippen molar-refractivity contribution in [1.82, 2.24) is 4.98 Å². The molecule has 0 radical (unpaired) electrons. The predicted octanol–water partition coefficient (Wildman–Crippen LogP) is 5.60. The molecule has 144 valence electrons. The first-order chi connectivity index (χ1) is 13.8. The topological polar surface area (TPSA) is 70.8 Å². The zero-order valence-corrected chi connectivity index (χ0v) is 16.7. The minimum absolute atomic E-state index is 0.123. The highest BCUT2D eigenvalue weighted by atomic mass is 35.5. The maximum Gasteiger partial charge on any atom is 0.216 e. The molecular weight excluding hydrogens is 438 g/mol. The summed E-state index contributed by atoms with van der Waals surface area (Å²) in [4.78, 5) is 3.61. The highest BCUT2D eigenvalue weighted by Gasteiger charge is 2.28. The van der Waals surface area contributed by atoms with E-state index in [2.05, 4.69) is 4.98 Å². The molecule has 0 saturated carbocycles. The van der Waals surface area contributed by atoms with Gasteiger partial charge in [0.2, 0.25) is 15.8 Å². The van der Waals surface area contributed by atoms with Crippen LogP contribution in [0.4, 0.5) is 8.78 Å². The van der Waals surface area contributed by atoms with Gasteiger partial charge in [0.15, 0.2) is 0 Å². The number of sulfone groups is 1. The van der Waals surface area contributed by atoms with E-state index in [0.717, 1.165) is 35.6 Å². The average molecular weight is 447 g/mol. The van der Waals surface area contributed by atoms with E-state index in [1.165, 1.54) is 6.07 Å². The fourth-order valence-corrected chi connectivity index (χ4v) is 6.17. The van der Waals surface area contributed by atoms with Crippen LogP contribution in [0.25, 0.3) is 21.3 Å². The van der Waals surface area contributed by atoms with Crippen LogP contribution in [0.3, 0.4) is 0 Å². The van der Waals surface area contributed by atoms with Gasteiger partial charge in [-0.1, -0.05) is 23.7 Å². The molecule has 4 aromatic rings. The van der Waals surface area contributed by atoms with Gasteiger partial charge in [-0.05, 0) is 48.0 Å². The first-order valence-electron chi connectivity index (χ1n) is 8.10. The molecule has 0 atom stereocenters. The first kappa shape index (κ1) is 19.5. The summed E-state index contributed by atoms with van der Waals surface area (Å²) in [5.74, 6) is -1.59. The van der Waals surface area contributed by atoms with E-state index in [4.69, 9.17) is 16.9 Å². The number of nitrogens with zero attached hydrogens (tertiary/aromatic N) is 2. The van der Waals surface area contributed by atoms with Crippen molar-refractivity contribution in [3.8, 4) is 17.2 Å². The molecule has 9 heteroatoms. The Hall–Kier alpha value is -2.86. The van der Waals surface area contributed by atoms with Crippen molar-refractivity contribution in [1.29, 1.82) is 5.26 Å². The third-order valence-corrected chi connectivity index (χ3v) is 7.78. The molecule has 0 aliphatic heterocycles. The van der Waals surface area contributed by atoms with Gasteiger partial charge in [0.1, 0.15) is 14.9 Å². The molecule has 2 aromatic heterocycles. The van der Waals surface area contributed by atoms with Crippen LogP contribution in [-0.2, 0) is 9.84 Å². The SMILES string of the molecule is N#Cc1cc(F)cc(S(=O)(=O)c2sc3nc(F)ccc3c2-c2ccc(Cl)cc2)c1. The second-order valence-electron chi connectivity index (χ2n) is 6.05. The lowest BCUT2D eigenvalue weighted by atomic mass is 10.1. The van der Waals surface area contributed by atoms with Crippen LogP contribution in [0.1, 0.15) is 5.56 Å². The highest BCUT2D eigenvalue weighted by molar-refractivity contribution is 7.93. The van der Waals surface area contributed by atoms with Gasteiger partial charge in [-0.25, -0.2) is 17.8 Å². The van der Waals surface area contributed by atoms with Crippen molar-refractivity contribution < 1.29 is 17.2 Å². The quantitative estimate of drug-likeness (QED) is 0.384. The number of hydrogen-bond acceptors (Lipinski definition) is 5. The number of rotatable bonds is 3. The summed E-state index contributed by atoms with van der Waals surface area (Å²) in [7, 11) is -4.23. The van der Waals surface area contributed by atoms with Crippen LogP contribution in [0.15, 0.2) is 63.7 Å². The Balaban J connectivity index is 2.05. The van der Waals surface area contributed by atoms with Crippen LogP contribution in [0.2, 0.25) is 5.02 Å². The van der Waals surface area contributed by atoms with Crippen molar-refractivity contribution in [3.05, 3.63) is 76.9 Å². The number of thiophene rings is 1. The molecule has 0 aliphatic carbocycles. The number of halogens is 3. The number of hydrogen-bond donors (Lipinski definition) is 0. The Kier molecular flexibility index (Phi) is 4.82. The average Bonchev–Trinajstić information content (AvgIpc) is 3.07. The van der Waals surface area contributed by atoms with Crippen molar-refractivity contribution in [2.75, 3.05) is 0 Å². The van der Waals surface area contributed by atoms with Gasteiger partial charge in [-0.2, -0.15) is 9.65 Å². The third-order valence-electron chi connectivity index (χ3n) is 4.18. The van der Waals surface area contributed by atoms with Crippen LogP contribution in [0, 0.1) is 23.1 Å². The Labute approximate surface area is 173 Å². The molecule has 0 spiro atoms. The second kappa shape index (κ2) is 7.19. The van der Waals surface area contributed by atoms with Crippen LogP contribution < -0.4 is 0 Å². The van der Waals surface area contributed by atoms with Crippen LogP contribution in [-0.4, -0.2) is 13.4 Å². The van der Waals surface area contributed by atoms with Gasteiger partial charge >= 0.3 is 0 Å². The molecule has 0 saturated heterocycles. The molecular formula is C20H9ClF2N2O2S2. The van der Waals surface area contributed by atoms with Gasteiger partial charge in [0.05, 0.1) is 16.5 Å². The summed E-state index contributed by atoms with van der Waals surface area (Å²) in [6.45, 7) is 0. The Morgan fingerprint density at radius 2 is 1.76 bits per heavy atom. The Morgan fingerprint density at radius 1 is 1.03 bits per heavy atom. The lowest BCUT2D eigenvalue weighted by molar-refractivity contribution is 0.589. The van der Waals surface area contributed by atoms with E-state index < -0.39 is 21.6 Å². The second-order valence-corrected chi connectivity index (χ2v) is 9.63. The molecule has 0 unspecified atom stereocenters. The van der Waals surface area contributed by atoms with E-state index in [-0.39, 0.29) is 19.5 Å². The largest absolute Gasteiger partial charge is 0.218 e. The first-order valence-corrected chi connectivity index (χ1v) is 10.8. The standard InChI is InChI=1S/C20H9ClF2N2O2S2/c21-13-3-1-12(2-4-13)18-16-5-6-17(23)25-19(16)28-20(18)29(26,27)15-8-11(10-24)7-14(22)9-15/h1-9H. The summed E-state index contributed by atoms with van der Waals surface area (Å²) >= 11 is 6.72. The molecule has 0 amide bonds. The van der Waals surface area contributed by atoms with Gasteiger partial charge in [-0.15, -0.1) is 11.3 Å². The maximum atomic E-state index is 13.9. The molecule has 4 nitrogen and oxygen atoms in total. The van der Waals surface area contributed by atoms with Crippen molar-refractivity contribution in [2.24, 2.45) is 0 Å². The van der Waals surface area contributed by atoms with Crippen molar-refractivity contribution >= 4 is 43.0 Å². The number of nitriles is 1. The number of fused-ring (bicyclic) bond motifs is 1. The van der Waals surface area contributed by atoms with Crippen molar-refractivity contribution in [3.63, 3.8) is 0 Å². The fraction of sp³-hybridized carbons (Fsp3) is 0. The molecule has 4 rings (SSSR count). The number of aromatic nitrogens is 1. The molecule has 0 fully saturated rings. The summed E-state index contributed by atoms with van der Waals surface area (Å²) in [6, 6.07) is 13.7. The normalized spacial score (nSPS) is 11.5. The van der Waals surface area contributed by atoms with Crippen LogP contribution >= 0.6 is 22.9 Å².